The van der Waals surface area contributed by atoms with Gasteiger partial charge in [-0.2, -0.15) is 0 Å². The molecule has 1 saturated carbocycles. The Labute approximate surface area is 86.7 Å². The van der Waals surface area contributed by atoms with Crippen LogP contribution in [0, 0.1) is 0 Å². The second-order valence-corrected chi connectivity index (χ2v) is 4.33. The van der Waals surface area contributed by atoms with Crippen LogP contribution in [0.15, 0.2) is 0 Å². The van der Waals surface area contributed by atoms with Crippen molar-refractivity contribution in [2.75, 3.05) is 20.3 Å². The summed E-state index contributed by atoms with van der Waals surface area (Å²) in [5, 5.41) is 18.2. The predicted molar refractivity (Wildman–Crippen MR) is 57.2 cm³/mol. The fourth-order valence-electron chi connectivity index (χ4n) is 2.28. The summed E-state index contributed by atoms with van der Waals surface area (Å²) in [5.41, 5.74) is 0. The highest BCUT2D eigenvalue weighted by Crippen LogP contribution is 2.22. The fourth-order valence-corrected chi connectivity index (χ4v) is 2.28. The molecule has 0 aliphatic heterocycles. The summed E-state index contributed by atoms with van der Waals surface area (Å²) < 4.78 is 0. The van der Waals surface area contributed by atoms with Crippen LogP contribution >= 0.6 is 0 Å². The number of rotatable bonds is 4. The molecule has 3 nitrogen and oxygen atoms in total. The normalized spacial score (nSPS) is 20.4. The molecule has 0 aromatic heterocycles. The lowest BCUT2D eigenvalue weighted by atomic mass is 10.1. The zero-order chi connectivity index (χ0) is 10.4. The van der Waals surface area contributed by atoms with E-state index in [0.29, 0.717) is 6.04 Å². The standard InChI is InChI=1S/C11H23NO2/c1-12(11(8-13)9-14)10-6-4-2-3-5-7-10/h10-11,13-14H,2-9H2,1H3. The molecule has 0 aromatic rings. The molecule has 1 aliphatic carbocycles. The zero-order valence-electron chi connectivity index (χ0n) is 9.15. The van der Waals surface area contributed by atoms with Crippen LogP contribution in [-0.2, 0) is 0 Å². The van der Waals surface area contributed by atoms with Crippen molar-refractivity contribution in [3.8, 4) is 0 Å². The Morgan fingerprint density at radius 1 is 1.07 bits per heavy atom. The van der Waals surface area contributed by atoms with Gasteiger partial charge in [0.15, 0.2) is 0 Å². The lowest BCUT2D eigenvalue weighted by Gasteiger charge is -2.32. The van der Waals surface area contributed by atoms with Crippen molar-refractivity contribution in [1.82, 2.24) is 4.90 Å². The third-order valence-corrected chi connectivity index (χ3v) is 3.40. The van der Waals surface area contributed by atoms with E-state index in [1.807, 2.05) is 7.05 Å². The van der Waals surface area contributed by atoms with Crippen molar-refractivity contribution in [2.24, 2.45) is 0 Å². The van der Waals surface area contributed by atoms with E-state index in [4.69, 9.17) is 10.2 Å². The third kappa shape index (κ3) is 3.23. The molecule has 0 unspecified atom stereocenters. The molecule has 1 aliphatic rings. The average molecular weight is 201 g/mol. The summed E-state index contributed by atoms with van der Waals surface area (Å²) in [6.07, 6.45) is 7.69. The lowest BCUT2D eigenvalue weighted by molar-refractivity contribution is 0.0586. The van der Waals surface area contributed by atoms with Gasteiger partial charge in [-0.3, -0.25) is 4.90 Å². The van der Waals surface area contributed by atoms with Crippen LogP contribution in [0.2, 0.25) is 0 Å². The second kappa shape index (κ2) is 6.38. The van der Waals surface area contributed by atoms with Gasteiger partial charge in [0.05, 0.1) is 19.3 Å². The number of nitrogens with zero attached hydrogens (tertiary/aromatic N) is 1. The first kappa shape index (κ1) is 12.0. The highest BCUT2D eigenvalue weighted by Gasteiger charge is 2.22. The Kier molecular flexibility index (Phi) is 5.45. The number of likely N-dealkylation sites (N-methyl/N-ethyl adjacent to an activating group) is 1. The Bertz CT molecular complexity index is 140. The van der Waals surface area contributed by atoms with E-state index >= 15 is 0 Å². The summed E-state index contributed by atoms with van der Waals surface area (Å²) in [6.45, 7) is 0.118. The van der Waals surface area contributed by atoms with E-state index in [2.05, 4.69) is 4.90 Å². The molecule has 0 spiro atoms. The van der Waals surface area contributed by atoms with E-state index in [-0.39, 0.29) is 19.3 Å². The lowest BCUT2D eigenvalue weighted by Crippen LogP contribution is -2.44. The Morgan fingerprint density at radius 2 is 1.57 bits per heavy atom. The maximum atomic E-state index is 9.10. The molecule has 0 bridgehead atoms. The van der Waals surface area contributed by atoms with Crippen LogP contribution < -0.4 is 0 Å². The fraction of sp³-hybridized carbons (Fsp3) is 1.00. The highest BCUT2D eigenvalue weighted by atomic mass is 16.3. The largest absolute Gasteiger partial charge is 0.395 e. The Hall–Kier alpha value is -0.120. The monoisotopic (exact) mass is 201 g/mol. The molecule has 0 saturated heterocycles. The summed E-state index contributed by atoms with van der Waals surface area (Å²) in [7, 11) is 2.02. The molecule has 1 fully saturated rings. The number of hydrogen-bond donors (Lipinski definition) is 2. The Balaban J connectivity index is 2.43. The van der Waals surface area contributed by atoms with E-state index in [1.54, 1.807) is 0 Å². The topological polar surface area (TPSA) is 43.7 Å². The molecule has 84 valence electrons. The van der Waals surface area contributed by atoms with E-state index in [1.165, 1.54) is 38.5 Å². The van der Waals surface area contributed by atoms with Crippen LogP contribution in [0.25, 0.3) is 0 Å². The van der Waals surface area contributed by atoms with E-state index < -0.39 is 0 Å². The van der Waals surface area contributed by atoms with Gasteiger partial charge in [0.1, 0.15) is 0 Å². The summed E-state index contributed by atoms with van der Waals surface area (Å²) in [5.74, 6) is 0. The maximum Gasteiger partial charge on any atom is 0.0609 e. The van der Waals surface area contributed by atoms with Crippen LogP contribution in [-0.4, -0.2) is 47.5 Å². The van der Waals surface area contributed by atoms with Crippen molar-refractivity contribution >= 4 is 0 Å². The van der Waals surface area contributed by atoms with Crippen molar-refractivity contribution in [3.63, 3.8) is 0 Å². The summed E-state index contributed by atoms with van der Waals surface area (Å²) in [4.78, 5) is 2.16. The van der Waals surface area contributed by atoms with E-state index in [9.17, 15) is 0 Å². The number of aliphatic hydroxyl groups is 2. The van der Waals surface area contributed by atoms with Gasteiger partial charge in [0, 0.05) is 6.04 Å². The summed E-state index contributed by atoms with van der Waals surface area (Å²) in [6, 6.07) is 0.486. The van der Waals surface area contributed by atoms with Crippen molar-refractivity contribution in [1.29, 1.82) is 0 Å². The van der Waals surface area contributed by atoms with Crippen molar-refractivity contribution in [3.05, 3.63) is 0 Å². The molecule has 0 atom stereocenters. The minimum atomic E-state index is -0.0712. The first-order chi connectivity index (χ1) is 6.79. The van der Waals surface area contributed by atoms with Gasteiger partial charge in [0.25, 0.3) is 0 Å². The van der Waals surface area contributed by atoms with Crippen molar-refractivity contribution in [2.45, 2.75) is 50.6 Å². The number of hydrogen-bond acceptors (Lipinski definition) is 3. The predicted octanol–water partition coefficient (Wildman–Crippen LogP) is 0.994. The van der Waals surface area contributed by atoms with Gasteiger partial charge in [-0.25, -0.2) is 0 Å². The molecule has 0 heterocycles. The minimum absolute atomic E-state index is 0.0590. The SMILES string of the molecule is CN(C(CO)CO)C1CCCCCC1. The molecule has 14 heavy (non-hydrogen) atoms. The first-order valence-electron chi connectivity index (χ1n) is 5.73. The van der Waals surface area contributed by atoms with Gasteiger partial charge in [-0.05, 0) is 19.9 Å². The van der Waals surface area contributed by atoms with Gasteiger partial charge in [-0.15, -0.1) is 0 Å². The van der Waals surface area contributed by atoms with E-state index in [0.717, 1.165) is 0 Å². The molecule has 1 rings (SSSR count). The highest BCUT2D eigenvalue weighted by molar-refractivity contribution is 4.77. The van der Waals surface area contributed by atoms with Crippen LogP contribution in [0.5, 0.6) is 0 Å². The van der Waals surface area contributed by atoms with Gasteiger partial charge < -0.3 is 10.2 Å². The summed E-state index contributed by atoms with van der Waals surface area (Å²) >= 11 is 0. The molecule has 0 aromatic carbocycles. The first-order valence-corrected chi connectivity index (χ1v) is 5.73. The third-order valence-electron chi connectivity index (χ3n) is 3.40. The van der Waals surface area contributed by atoms with Crippen LogP contribution in [0.3, 0.4) is 0 Å². The molecular formula is C11H23NO2. The van der Waals surface area contributed by atoms with Crippen molar-refractivity contribution < 1.29 is 10.2 Å². The Morgan fingerprint density at radius 3 is 2.00 bits per heavy atom. The molecule has 3 heteroatoms. The van der Waals surface area contributed by atoms with Crippen LogP contribution in [0.4, 0.5) is 0 Å². The van der Waals surface area contributed by atoms with Gasteiger partial charge >= 0.3 is 0 Å². The second-order valence-electron chi connectivity index (χ2n) is 4.33. The van der Waals surface area contributed by atoms with Gasteiger partial charge in [0.2, 0.25) is 0 Å². The minimum Gasteiger partial charge on any atom is -0.395 e. The molecule has 2 N–H and O–H groups in total. The zero-order valence-corrected chi connectivity index (χ0v) is 9.15. The molecule has 0 radical (unpaired) electrons. The average Bonchev–Trinajstić information content (AvgIpc) is 2.47. The molecular weight excluding hydrogens is 178 g/mol. The van der Waals surface area contributed by atoms with Crippen LogP contribution in [0.1, 0.15) is 38.5 Å². The smallest absolute Gasteiger partial charge is 0.0609 e. The number of aliphatic hydroxyl groups excluding tert-OH is 2. The maximum absolute atomic E-state index is 9.10. The quantitative estimate of drug-likeness (QED) is 0.667. The molecule has 0 amide bonds. The van der Waals surface area contributed by atoms with Gasteiger partial charge in [-0.1, -0.05) is 25.7 Å².